The SMILES string of the molecule is c1ccc(-c2ccc3ccc(-c4ccc5cc(N(c6ccc7c8ccccc8n(-c8ccccc8)c7c6)c6ccccc6-c6ccccc6)ccc5c4)cc3c2)cc1. The summed E-state index contributed by atoms with van der Waals surface area (Å²) in [5, 5.41) is 7.35. The molecule has 2 heteroatoms. The minimum atomic E-state index is 1.10. The van der Waals surface area contributed by atoms with Crippen molar-refractivity contribution in [2.24, 2.45) is 0 Å². The molecular weight excluding hydrogens is 701 g/mol. The Kier molecular flexibility index (Phi) is 8.19. The fourth-order valence-electron chi connectivity index (χ4n) is 8.70. The van der Waals surface area contributed by atoms with Crippen LogP contribution in [-0.4, -0.2) is 4.57 Å². The first-order chi connectivity index (χ1) is 28.7. The van der Waals surface area contributed by atoms with E-state index in [1.165, 1.54) is 76.7 Å². The molecule has 0 N–H and O–H groups in total. The van der Waals surface area contributed by atoms with Crippen molar-refractivity contribution < 1.29 is 0 Å². The summed E-state index contributed by atoms with van der Waals surface area (Å²) in [5.74, 6) is 0. The van der Waals surface area contributed by atoms with Crippen LogP contribution in [-0.2, 0) is 0 Å². The Hall–Kier alpha value is -7.68. The molecule has 0 aliphatic carbocycles. The molecule has 2 nitrogen and oxygen atoms in total. The van der Waals surface area contributed by atoms with E-state index < -0.39 is 0 Å². The Balaban J connectivity index is 1.06. The Labute approximate surface area is 338 Å². The fourth-order valence-corrected chi connectivity index (χ4v) is 8.70. The summed E-state index contributed by atoms with van der Waals surface area (Å²) in [4.78, 5) is 2.43. The average Bonchev–Trinajstić information content (AvgIpc) is 3.63. The van der Waals surface area contributed by atoms with Gasteiger partial charge in [0.25, 0.3) is 0 Å². The lowest BCUT2D eigenvalue weighted by atomic mass is 9.96. The molecule has 0 unspecified atom stereocenters. The van der Waals surface area contributed by atoms with Crippen molar-refractivity contribution in [3.05, 3.63) is 231 Å². The highest BCUT2D eigenvalue weighted by atomic mass is 15.1. The predicted molar refractivity (Wildman–Crippen MR) is 247 cm³/mol. The van der Waals surface area contributed by atoms with Gasteiger partial charge in [0.2, 0.25) is 0 Å². The number of para-hydroxylation sites is 3. The number of hydrogen-bond donors (Lipinski definition) is 0. The molecule has 0 saturated heterocycles. The molecule has 0 aliphatic rings. The monoisotopic (exact) mass is 738 g/mol. The second-order valence-corrected chi connectivity index (χ2v) is 15.0. The van der Waals surface area contributed by atoms with Gasteiger partial charge in [-0.1, -0.05) is 164 Å². The van der Waals surface area contributed by atoms with Crippen molar-refractivity contribution in [3.63, 3.8) is 0 Å². The lowest BCUT2D eigenvalue weighted by Crippen LogP contribution is -2.11. The smallest absolute Gasteiger partial charge is 0.0561 e. The van der Waals surface area contributed by atoms with Crippen molar-refractivity contribution in [1.82, 2.24) is 4.57 Å². The highest BCUT2D eigenvalue weighted by molar-refractivity contribution is 6.10. The summed E-state index contributed by atoms with van der Waals surface area (Å²) in [5.41, 5.74) is 14.1. The summed E-state index contributed by atoms with van der Waals surface area (Å²) >= 11 is 0. The third kappa shape index (κ3) is 5.91. The lowest BCUT2D eigenvalue weighted by molar-refractivity contribution is 1.18. The fraction of sp³-hybridized carbons (Fsp3) is 0. The molecular formula is C56H38N2. The number of hydrogen-bond acceptors (Lipinski definition) is 1. The normalized spacial score (nSPS) is 11.4. The number of fused-ring (bicyclic) bond motifs is 5. The van der Waals surface area contributed by atoms with Gasteiger partial charge >= 0.3 is 0 Å². The Bertz CT molecular complexity index is 3270. The van der Waals surface area contributed by atoms with Gasteiger partial charge in [-0.05, 0) is 116 Å². The highest BCUT2D eigenvalue weighted by Gasteiger charge is 2.20. The van der Waals surface area contributed by atoms with Gasteiger partial charge in [-0.3, -0.25) is 0 Å². The van der Waals surface area contributed by atoms with Gasteiger partial charge in [0, 0.05) is 33.4 Å². The first kappa shape index (κ1) is 33.6. The third-order valence-corrected chi connectivity index (χ3v) is 11.5. The molecule has 0 bridgehead atoms. The molecule has 0 atom stereocenters. The zero-order valence-electron chi connectivity index (χ0n) is 31.8. The number of benzene rings is 10. The molecule has 0 fully saturated rings. The van der Waals surface area contributed by atoms with E-state index in [2.05, 4.69) is 240 Å². The molecule has 10 aromatic carbocycles. The molecule has 58 heavy (non-hydrogen) atoms. The van der Waals surface area contributed by atoms with Crippen LogP contribution in [0.25, 0.3) is 82.4 Å². The predicted octanol–water partition coefficient (Wildman–Crippen LogP) is 15.6. The van der Waals surface area contributed by atoms with Crippen LogP contribution < -0.4 is 4.90 Å². The van der Waals surface area contributed by atoms with Gasteiger partial charge in [-0.2, -0.15) is 0 Å². The minimum Gasteiger partial charge on any atom is -0.310 e. The lowest BCUT2D eigenvalue weighted by Gasteiger charge is -2.28. The number of aromatic nitrogens is 1. The van der Waals surface area contributed by atoms with Crippen LogP contribution in [0.1, 0.15) is 0 Å². The second kappa shape index (κ2) is 14.1. The number of nitrogens with zero attached hydrogens (tertiary/aromatic N) is 2. The highest BCUT2D eigenvalue weighted by Crippen LogP contribution is 2.44. The van der Waals surface area contributed by atoms with E-state index in [9.17, 15) is 0 Å². The molecule has 11 rings (SSSR count). The van der Waals surface area contributed by atoms with Crippen molar-refractivity contribution in [2.75, 3.05) is 4.90 Å². The van der Waals surface area contributed by atoms with Crippen LogP contribution in [0.5, 0.6) is 0 Å². The minimum absolute atomic E-state index is 1.10. The molecule has 0 spiro atoms. The summed E-state index contributed by atoms with van der Waals surface area (Å²) in [7, 11) is 0. The molecule has 0 saturated carbocycles. The molecule has 11 aromatic rings. The first-order valence-corrected chi connectivity index (χ1v) is 19.9. The summed E-state index contributed by atoms with van der Waals surface area (Å²) in [6.45, 7) is 0. The molecule has 1 heterocycles. The maximum atomic E-state index is 2.43. The van der Waals surface area contributed by atoms with Gasteiger partial charge in [-0.15, -0.1) is 0 Å². The maximum Gasteiger partial charge on any atom is 0.0561 e. The van der Waals surface area contributed by atoms with E-state index in [0.717, 1.165) is 22.7 Å². The molecule has 0 aliphatic heterocycles. The maximum absolute atomic E-state index is 2.43. The number of anilines is 3. The van der Waals surface area contributed by atoms with Crippen molar-refractivity contribution in [2.45, 2.75) is 0 Å². The summed E-state index contributed by atoms with van der Waals surface area (Å²) in [6, 6.07) is 83.8. The zero-order valence-corrected chi connectivity index (χ0v) is 31.8. The summed E-state index contributed by atoms with van der Waals surface area (Å²) < 4.78 is 2.40. The zero-order chi connectivity index (χ0) is 38.4. The molecule has 272 valence electrons. The van der Waals surface area contributed by atoms with Gasteiger partial charge in [-0.25, -0.2) is 0 Å². The standard InChI is InChI=1S/C56H38N2/c1-4-14-39(15-5-1)42-26-24-40-25-27-44(36-47(40)35-42)43-28-29-46-37-49(31-30-45(46)34-43)57(54-22-12-10-20-51(54)41-16-6-2-7-17-41)50-32-33-53-52-21-11-13-23-55(52)58(56(53)38-50)48-18-8-3-9-19-48/h1-38H. The van der Waals surface area contributed by atoms with Crippen LogP contribution >= 0.6 is 0 Å². The number of rotatable bonds is 7. The van der Waals surface area contributed by atoms with Crippen LogP contribution in [0, 0.1) is 0 Å². The van der Waals surface area contributed by atoms with Crippen LogP contribution in [0.2, 0.25) is 0 Å². The molecule has 0 radical (unpaired) electrons. The van der Waals surface area contributed by atoms with E-state index >= 15 is 0 Å². The average molecular weight is 739 g/mol. The van der Waals surface area contributed by atoms with Crippen LogP contribution in [0.3, 0.4) is 0 Å². The Morgan fingerprint density at radius 2 is 0.810 bits per heavy atom. The largest absolute Gasteiger partial charge is 0.310 e. The van der Waals surface area contributed by atoms with Crippen molar-refractivity contribution in [3.8, 4) is 39.1 Å². The van der Waals surface area contributed by atoms with E-state index in [-0.39, 0.29) is 0 Å². The third-order valence-electron chi connectivity index (χ3n) is 11.5. The van der Waals surface area contributed by atoms with Gasteiger partial charge < -0.3 is 9.47 Å². The van der Waals surface area contributed by atoms with Gasteiger partial charge in [0.1, 0.15) is 0 Å². The van der Waals surface area contributed by atoms with E-state index in [0.29, 0.717) is 0 Å². The van der Waals surface area contributed by atoms with E-state index in [1.54, 1.807) is 0 Å². The van der Waals surface area contributed by atoms with E-state index in [1.807, 2.05) is 0 Å². The topological polar surface area (TPSA) is 8.17 Å². The van der Waals surface area contributed by atoms with Gasteiger partial charge in [0.15, 0.2) is 0 Å². The Morgan fingerprint density at radius 1 is 0.293 bits per heavy atom. The van der Waals surface area contributed by atoms with Crippen molar-refractivity contribution in [1.29, 1.82) is 0 Å². The molecule has 1 aromatic heterocycles. The quantitative estimate of drug-likeness (QED) is 0.158. The van der Waals surface area contributed by atoms with Crippen LogP contribution in [0.4, 0.5) is 17.1 Å². The molecule has 0 amide bonds. The van der Waals surface area contributed by atoms with Crippen LogP contribution in [0.15, 0.2) is 231 Å². The Morgan fingerprint density at radius 3 is 1.57 bits per heavy atom. The van der Waals surface area contributed by atoms with Crippen molar-refractivity contribution >= 4 is 60.4 Å². The van der Waals surface area contributed by atoms with Gasteiger partial charge in [0.05, 0.1) is 16.7 Å². The van der Waals surface area contributed by atoms with E-state index in [4.69, 9.17) is 0 Å². The first-order valence-electron chi connectivity index (χ1n) is 19.9. The second-order valence-electron chi connectivity index (χ2n) is 15.0. The summed E-state index contributed by atoms with van der Waals surface area (Å²) in [6.07, 6.45) is 0.